The van der Waals surface area contributed by atoms with Crippen LogP contribution < -0.4 is 0 Å². The molecule has 0 saturated carbocycles. The predicted molar refractivity (Wildman–Crippen MR) is 120 cm³/mol. The zero-order valence-corrected chi connectivity index (χ0v) is 20.1. The van der Waals surface area contributed by atoms with Crippen molar-refractivity contribution in [2.75, 3.05) is 18.8 Å². The van der Waals surface area contributed by atoms with E-state index < -0.39 is 29.5 Å². The molecule has 3 aliphatic carbocycles. The van der Waals surface area contributed by atoms with Crippen LogP contribution in [0.5, 0.6) is 0 Å². The van der Waals surface area contributed by atoms with Crippen molar-refractivity contribution in [3.63, 3.8) is 0 Å². The minimum atomic E-state index is -3.70. The lowest BCUT2D eigenvalue weighted by Crippen LogP contribution is -2.08. The van der Waals surface area contributed by atoms with E-state index in [4.69, 9.17) is 0 Å². The third-order valence-electron chi connectivity index (χ3n) is 6.84. The van der Waals surface area contributed by atoms with Crippen LogP contribution in [-0.4, -0.2) is 59.0 Å². The molecule has 0 N–H and O–H groups in total. The molecule has 3 aliphatic rings. The molecule has 33 heavy (non-hydrogen) atoms. The van der Waals surface area contributed by atoms with Crippen LogP contribution in [0.15, 0.2) is 15.1 Å². The summed E-state index contributed by atoms with van der Waals surface area (Å²) in [5, 5.41) is 4.13. The quantitative estimate of drug-likeness (QED) is 0.327. The number of hydrogen-bond donors (Lipinski definition) is 0. The summed E-state index contributed by atoms with van der Waals surface area (Å²) < 4.78 is 76.0. The standard InChI is InChI=1S/C21H15N3O6S3/c1-31(25,26)19-7-4-11-17-13(7)16-10(22-19)5-8-14(16)18-12(24-20(8)32(2,27)28)6-9(15(17)18)21(23-11)33(3,29)30/h4-6H2,1-3H3. The van der Waals surface area contributed by atoms with E-state index in [0.29, 0.717) is 49.9 Å². The summed E-state index contributed by atoms with van der Waals surface area (Å²) in [6.45, 7) is 0. The van der Waals surface area contributed by atoms with Gasteiger partial charge < -0.3 is 0 Å². The summed E-state index contributed by atoms with van der Waals surface area (Å²) in [6.07, 6.45) is 3.71. The van der Waals surface area contributed by atoms with Crippen LogP contribution >= 0.6 is 0 Å². The predicted octanol–water partition coefficient (Wildman–Crippen LogP) is 1.25. The zero-order chi connectivity index (χ0) is 23.4. The molecule has 3 heterocycles. The van der Waals surface area contributed by atoms with E-state index in [1.807, 2.05) is 0 Å². The van der Waals surface area contributed by atoms with Crippen molar-refractivity contribution in [3.8, 4) is 0 Å². The van der Waals surface area contributed by atoms with Gasteiger partial charge in [0.15, 0.2) is 44.6 Å². The molecule has 0 amide bonds. The molecule has 168 valence electrons. The molecule has 0 aliphatic heterocycles. The molecule has 0 fully saturated rings. The zero-order valence-electron chi connectivity index (χ0n) is 17.6. The van der Waals surface area contributed by atoms with Gasteiger partial charge in [-0.2, -0.15) is 0 Å². The van der Waals surface area contributed by atoms with E-state index in [1.54, 1.807) is 0 Å². The first-order valence-corrected chi connectivity index (χ1v) is 15.7. The highest BCUT2D eigenvalue weighted by Gasteiger charge is 2.40. The van der Waals surface area contributed by atoms with Crippen LogP contribution in [-0.2, 0) is 48.8 Å². The van der Waals surface area contributed by atoms with Crippen LogP contribution in [0.3, 0.4) is 0 Å². The lowest BCUT2D eigenvalue weighted by molar-refractivity contribution is 0.594. The molecule has 12 heteroatoms. The van der Waals surface area contributed by atoms with Gasteiger partial charge in [-0.15, -0.1) is 0 Å². The van der Waals surface area contributed by atoms with Crippen LogP contribution in [0.1, 0.15) is 33.8 Å². The minimum absolute atomic E-state index is 0.0627. The van der Waals surface area contributed by atoms with Crippen molar-refractivity contribution in [1.82, 2.24) is 15.0 Å². The molecular formula is C21H15N3O6S3. The Kier molecular flexibility index (Phi) is 3.19. The molecule has 3 aromatic heterocycles. The fraction of sp³-hybridized carbons (Fsp3) is 0.286. The molecule has 0 unspecified atom stereocenters. The highest BCUT2D eigenvalue weighted by atomic mass is 32.2. The number of hydrogen-bond acceptors (Lipinski definition) is 9. The van der Waals surface area contributed by atoms with Gasteiger partial charge in [0.05, 0.1) is 17.1 Å². The second-order valence-electron chi connectivity index (χ2n) is 9.12. The molecule has 0 radical (unpaired) electrons. The maximum atomic E-state index is 12.7. The Morgan fingerprint density at radius 3 is 0.909 bits per heavy atom. The van der Waals surface area contributed by atoms with E-state index in [9.17, 15) is 25.3 Å². The van der Waals surface area contributed by atoms with Crippen LogP contribution in [0.25, 0.3) is 32.3 Å². The van der Waals surface area contributed by atoms with Gasteiger partial charge in [0.2, 0.25) is 0 Å². The van der Waals surface area contributed by atoms with Crippen molar-refractivity contribution in [2.45, 2.75) is 34.3 Å². The van der Waals surface area contributed by atoms with Crippen molar-refractivity contribution < 1.29 is 25.3 Å². The van der Waals surface area contributed by atoms with E-state index in [0.717, 1.165) is 34.9 Å². The van der Waals surface area contributed by atoms with Gasteiger partial charge in [-0.25, -0.2) is 40.2 Å². The van der Waals surface area contributed by atoms with Gasteiger partial charge in [-0.3, -0.25) is 0 Å². The molecule has 0 spiro atoms. The molecule has 7 rings (SSSR count). The van der Waals surface area contributed by atoms with Gasteiger partial charge in [0.25, 0.3) is 0 Å². The van der Waals surface area contributed by atoms with Gasteiger partial charge in [-0.1, -0.05) is 0 Å². The highest BCUT2D eigenvalue weighted by molar-refractivity contribution is 7.91. The van der Waals surface area contributed by atoms with Crippen molar-refractivity contribution in [1.29, 1.82) is 0 Å². The van der Waals surface area contributed by atoms with Gasteiger partial charge in [-0.05, 0) is 0 Å². The van der Waals surface area contributed by atoms with E-state index in [-0.39, 0.29) is 34.3 Å². The van der Waals surface area contributed by atoms with Gasteiger partial charge in [0, 0.05) is 87.0 Å². The Balaban J connectivity index is 1.85. The maximum absolute atomic E-state index is 12.7. The smallest absolute Gasteiger partial charge is 0.193 e. The Hall–Kier alpha value is -2.70. The monoisotopic (exact) mass is 501 g/mol. The molecule has 0 bridgehead atoms. The molecule has 9 nitrogen and oxygen atoms in total. The average Bonchev–Trinajstić information content (AvgIpc) is 3.32. The topological polar surface area (TPSA) is 141 Å². The highest BCUT2D eigenvalue weighted by Crippen LogP contribution is 2.54. The SMILES string of the molecule is CS(=O)(=O)c1nc2c3c4c1Cc1nc(S(C)(=O)=O)c5c(c14)c1c(nc(S(C)(=O)=O)c(c31)C2)C5. The Morgan fingerprint density at radius 1 is 0.455 bits per heavy atom. The maximum Gasteiger partial charge on any atom is 0.193 e. The summed E-state index contributed by atoms with van der Waals surface area (Å²) in [7, 11) is -11.1. The van der Waals surface area contributed by atoms with Crippen LogP contribution in [0, 0.1) is 0 Å². The largest absolute Gasteiger partial charge is 0.240 e. The fourth-order valence-electron chi connectivity index (χ4n) is 5.88. The second kappa shape index (κ2) is 5.34. The lowest BCUT2D eigenvalue weighted by atomic mass is 9.98. The van der Waals surface area contributed by atoms with E-state index in [1.165, 1.54) is 0 Å². The third-order valence-corrected chi connectivity index (χ3v) is 9.96. The first-order chi connectivity index (χ1) is 15.3. The Bertz CT molecular complexity index is 1800. The normalized spacial score (nSPS) is 16.1. The first-order valence-electron chi connectivity index (χ1n) is 10.1. The number of sulfone groups is 3. The second-order valence-corrected chi connectivity index (χ2v) is 14.9. The number of pyridine rings is 3. The third kappa shape index (κ3) is 2.21. The van der Waals surface area contributed by atoms with E-state index in [2.05, 4.69) is 15.0 Å². The molecule has 0 saturated heterocycles. The summed E-state index contributed by atoms with van der Waals surface area (Å²) in [5.74, 6) is 0. The molecule has 1 aromatic carbocycles. The minimum Gasteiger partial charge on any atom is -0.240 e. The summed E-state index contributed by atoms with van der Waals surface area (Å²) >= 11 is 0. The number of rotatable bonds is 3. The van der Waals surface area contributed by atoms with E-state index >= 15 is 0 Å². The Morgan fingerprint density at radius 2 is 0.697 bits per heavy atom. The summed E-state index contributed by atoms with van der Waals surface area (Å²) in [6, 6.07) is 0. The number of aromatic nitrogens is 3. The van der Waals surface area contributed by atoms with Crippen molar-refractivity contribution in [3.05, 3.63) is 33.8 Å². The molecule has 0 atom stereocenters. The van der Waals surface area contributed by atoms with Gasteiger partial charge >= 0.3 is 0 Å². The number of benzene rings is 1. The van der Waals surface area contributed by atoms with Crippen molar-refractivity contribution >= 4 is 61.8 Å². The van der Waals surface area contributed by atoms with Crippen LogP contribution in [0.2, 0.25) is 0 Å². The lowest BCUT2D eigenvalue weighted by Gasteiger charge is -2.11. The average molecular weight is 502 g/mol. The summed E-state index contributed by atoms with van der Waals surface area (Å²) in [5.41, 5.74) is 3.00. The van der Waals surface area contributed by atoms with Crippen molar-refractivity contribution in [2.24, 2.45) is 0 Å². The fourth-order valence-corrected chi connectivity index (χ4v) is 8.57. The summed E-state index contributed by atoms with van der Waals surface area (Å²) in [4.78, 5) is 13.5. The van der Waals surface area contributed by atoms with Gasteiger partial charge in [0.1, 0.15) is 0 Å². The van der Waals surface area contributed by atoms with Crippen LogP contribution in [0.4, 0.5) is 0 Å². The molecular weight excluding hydrogens is 486 g/mol. The Labute approximate surface area is 188 Å². The molecule has 4 aromatic rings. The number of nitrogens with zero attached hydrogens (tertiary/aromatic N) is 3. The first kappa shape index (κ1) is 19.7.